The number of aromatic carboxylic acids is 1. The second-order valence-electron chi connectivity index (χ2n) is 8.69. The average molecular weight is 488 g/mol. The molecule has 2 N–H and O–H groups in total. The van der Waals surface area contributed by atoms with Crippen LogP contribution in [0, 0.1) is 34.6 Å². The summed E-state index contributed by atoms with van der Waals surface area (Å²) in [5.41, 5.74) is 6.90. The van der Waals surface area contributed by atoms with Gasteiger partial charge in [-0.2, -0.15) is 0 Å². The second kappa shape index (κ2) is 8.96. The summed E-state index contributed by atoms with van der Waals surface area (Å²) in [5.74, 6) is -2.03. The summed E-state index contributed by atoms with van der Waals surface area (Å²) in [7, 11) is 0. The number of aryl methyl sites for hydroxylation is 4. The molecule has 1 aromatic heterocycles. The van der Waals surface area contributed by atoms with Crippen LogP contribution in [-0.2, 0) is 9.59 Å². The number of rotatable bonds is 4. The molecule has 0 spiro atoms. The van der Waals surface area contributed by atoms with E-state index in [-0.39, 0.29) is 16.2 Å². The number of carboxylic acid groups (broad SMARTS) is 1. The van der Waals surface area contributed by atoms with Crippen molar-refractivity contribution in [2.45, 2.75) is 34.6 Å². The van der Waals surface area contributed by atoms with Crippen molar-refractivity contribution in [1.82, 2.24) is 9.88 Å². The van der Waals surface area contributed by atoms with Crippen LogP contribution in [0.2, 0.25) is 0 Å². The number of anilines is 1. The molecule has 1 aliphatic rings. The van der Waals surface area contributed by atoms with E-state index in [0.717, 1.165) is 33.8 Å². The smallest absolute Gasteiger partial charge is 0.335 e. The first-order valence-corrected chi connectivity index (χ1v) is 11.4. The summed E-state index contributed by atoms with van der Waals surface area (Å²) < 4.78 is 1.98. The van der Waals surface area contributed by atoms with Crippen LogP contribution in [-0.4, -0.2) is 32.6 Å². The van der Waals surface area contributed by atoms with E-state index >= 15 is 0 Å². The Labute approximate surface area is 208 Å². The number of amides is 2. The van der Waals surface area contributed by atoms with Gasteiger partial charge in [-0.25, -0.2) is 4.79 Å². The molecule has 2 aromatic carbocycles. The first-order valence-electron chi connectivity index (χ1n) is 11.0. The largest absolute Gasteiger partial charge is 0.478 e. The maximum Gasteiger partial charge on any atom is 0.335 e. The highest BCUT2D eigenvalue weighted by Crippen LogP contribution is 2.28. The Kier molecular flexibility index (Phi) is 6.17. The summed E-state index contributed by atoms with van der Waals surface area (Å²) in [6.07, 6.45) is 1.58. The van der Waals surface area contributed by atoms with Gasteiger partial charge < -0.3 is 9.67 Å². The minimum atomic E-state index is -0.987. The predicted molar refractivity (Wildman–Crippen MR) is 139 cm³/mol. The van der Waals surface area contributed by atoms with Crippen molar-refractivity contribution in [2.24, 2.45) is 0 Å². The molecule has 2 amide bonds. The monoisotopic (exact) mass is 487 g/mol. The van der Waals surface area contributed by atoms with Crippen LogP contribution in [0.3, 0.4) is 0 Å². The fourth-order valence-electron chi connectivity index (χ4n) is 4.26. The number of carbonyl (C=O) groups excluding carboxylic acids is 2. The second-order valence-corrected chi connectivity index (χ2v) is 9.08. The summed E-state index contributed by atoms with van der Waals surface area (Å²) in [4.78, 5) is 38.8. The van der Waals surface area contributed by atoms with Crippen molar-refractivity contribution in [2.75, 3.05) is 4.90 Å². The third-order valence-electron chi connectivity index (χ3n) is 6.31. The summed E-state index contributed by atoms with van der Waals surface area (Å²) in [6, 6.07) is 12.4. The van der Waals surface area contributed by atoms with Crippen LogP contribution < -0.4 is 10.2 Å². The molecular weight excluding hydrogens is 462 g/mol. The molecule has 1 saturated heterocycles. The minimum absolute atomic E-state index is 0.0185. The van der Waals surface area contributed by atoms with E-state index in [2.05, 4.69) is 5.32 Å². The van der Waals surface area contributed by atoms with Crippen molar-refractivity contribution in [3.05, 3.63) is 87.2 Å². The van der Waals surface area contributed by atoms with E-state index in [9.17, 15) is 19.5 Å². The van der Waals surface area contributed by atoms with E-state index in [4.69, 9.17) is 12.2 Å². The zero-order chi connectivity index (χ0) is 25.6. The number of benzene rings is 2. The molecule has 0 saturated carbocycles. The molecule has 0 atom stereocenters. The van der Waals surface area contributed by atoms with Gasteiger partial charge in [0.1, 0.15) is 5.57 Å². The van der Waals surface area contributed by atoms with Gasteiger partial charge in [-0.1, -0.05) is 6.07 Å². The highest BCUT2D eigenvalue weighted by molar-refractivity contribution is 7.80. The maximum absolute atomic E-state index is 13.4. The van der Waals surface area contributed by atoms with Gasteiger partial charge in [-0.05, 0) is 112 Å². The highest BCUT2D eigenvalue weighted by Gasteiger charge is 2.35. The normalized spacial score (nSPS) is 15.1. The lowest BCUT2D eigenvalue weighted by atomic mass is 10.1. The number of hydrogen-bond acceptors (Lipinski definition) is 4. The predicted octanol–water partition coefficient (Wildman–Crippen LogP) is 4.55. The van der Waals surface area contributed by atoms with E-state index in [0.29, 0.717) is 11.3 Å². The Morgan fingerprint density at radius 2 is 1.66 bits per heavy atom. The van der Waals surface area contributed by atoms with Crippen LogP contribution in [0.25, 0.3) is 11.8 Å². The van der Waals surface area contributed by atoms with Crippen LogP contribution >= 0.6 is 12.2 Å². The van der Waals surface area contributed by atoms with Crippen molar-refractivity contribution in [3.8, 4) is 5.69 Å². The molecule has 0 unspecified atom stereocenters. The van der Waals surface area contributed by atoms with Gasteiger partial charge in [0.15, 0.2) is 5.11 Å². The highest BCUT2D eigenvalue weighted by atomic mass is 32.1. The van der Waals surface area contributed by atoms with Crippen LogP contribution in [0.5, 0.6) is 0 Å². The lowest BCUT2D eigenvalue weighted by Crippen LogP contribution is -2.54. The first kappa shape index (κ1) is 24.1. The van der Waals surface area contributed by atoms with Crippen molar-refractivity contribution < 1.29 is 19.5 Å². The van der Waals surface area contributed by atoms with Gasteiger partial charge in [-0.3, -0.25) is 19.8 Å². The maximum atomic E-state index is 13.4. The number of hydrogen-bond donors (Lipinski definition) is 2. The number of aromatic nitrogens is 1. The molecule has 2 heterocycles. The van der Waals surface area contributed by atoms with Crippen molar-refractivity contribution >= 4 is 46.9 Å². The Bertz CT molecular complexity index is 1470. The SMILES string of the molecule is Cc1ccc(N2C(=O)/C(=C/c3cc(C)n(-c4ccc(C(=O)O)cc4C)c3C)C(=O)NC2=S)cc1C. The lowest BCUT2D eigenvalue weighted by molar-refractivity contribution is -0.122. The topological polar surface area (TPSA) is 91.6 Å². The Balaban J connectivity index is 1.77. The molecule has 4 rings (SSSR count). The van der Waals surface area contributed by atoms with E-state index in [1.54, 1.807) is 30.3 Å². The summed E-state index contributed by atoms with van der Waals surface area (Å²) in [6.45, 7) is 9.58. The van der Waals surface area contributed by atoms with Gasteiger partial charge in [0.05, 0.1) is 11.3 Å². The summed E-state index contributed by atoms with van der Waals surface area (Å²) >= 11 is 5.31. The van der Waals surface area contributed by atoms with E-state index in [1.165, 1.54) is 4.90 Å². The molecular formula is C27H25N3O4S. The van der Waals surface area contributed by atoms with Crippen molar-refractivity contribution in [1.29, 1.82) is 0 Å². The van der Waals surface area contributed by atoms with Gasteiger partial charge >= 0.3 is 5.97 Å². The Morgan fingerprint density at radius 1 is 0.943 bits per heavy atom. The van der Waals surface area contributed by atoms with Crippen molar-refractivity contribution in [3.63, 3.8) is 0 Å². The minimum Gasteiger partial charge on any atom is -0.478 e. The van der Waals surface area contributed by atoms with Crippen LogP contribution in [0.4, 0.5) is 5.69 Å². The van der Waals surface area contributed by atoms with Gasteiger partial charge in [0.2, 0.25) is 0 Å². The number of carboxylic acids is 1. The standard InChI is InChI=1S/C27H25N3O4S/c1-14-6-8-21(11-15(14)2)30-25(32)22(24(31)28-27(30)35)13-20-12-17(4)29(18(20)5)23-9-7-19(26(33)34)10-16(23)3/h6-13H,1-5H3,(H,33,34)(H,28,31,35)/b22-13+. The molecule has 0 bridgehead atoms. The van der Waals surface area contributed by atoms with E-state index in [1.807, 2.05) is 57.4 Å². The van der Waals surface area contributed by atoms with Gasteiger partial charge in [0.25, 0.3) is 11.8 Å². The Hall–Kier alpha value is -4.04. The molecule has 35 heavy (non-hydrogen) atoms. The number of thiocarbonyl (C=S) groups is 1. The fraction of sp³-hybridized carbons (Fsp3) is 0.185. The number of carbonyl (C=O) groups is 3. The van der Waals surface area contributed by atoms with E-state index < -0.39 is 17.8 Å². The molecule has 7 nitrogen and oxygen atoms in total. The van der Waals surface area contributed by atoms with Crippen LogP contribution in [0.1, 0.15) is 44.0 Å². The molecule has 0 radical (unpaired) electrons. The van der Waals surface area contributed by atoms with Gasteiger partial charge in [0, 0.05) is 17.1 Å². The zero-order valence-electron chi connectivity index (χ0n) is 20.1. The fourth-order valence-corrected chi connectivity index (χ4v) is 4.54. The number of nitrogens with zero attached hydrogens (tertiary/aromatic N) is 2. The molecule has 0 aliphatic carbocycles. The zero-order valence-corrected chi connectivity index (χ0v) is 20.9. The summed E-state index contributed by atoms with van der Waals surface area (Å²) in [5, 5.41) is 11.9. The third kappa shape index (κ3) is 4.28. The first-order chi connectivity index (χ1) is 16.5. The lowest BCUT2D eigenvalue weighted by Gasteiger charge is -2.29. The molecule has 3 aromatic rings. The van der Waals surface area contributed by atoms with Gasteiger partial charge in [-0.15, -0.1) is 0 Å². The molecule has 1 fully saturated rings. The van der Waals surface area contributed by atoms with Crippen LogP contribution in [0.15, 0.2) is 48.0 Å². The quantitative estimate of drug-likeness (QED) is 0.320. The molecule has 8 heteroatoms. The average Bonchev–Trinajstić information content (AvgIpc) is 3.06. The third-order valence-corrected chi connectivity index (χ3v) is 6.59. The Morgan fingerprint density at radius 3 is 2.29 bits per heavy atom. The molecule has 178 valence electrons. The number of nitrogens with one attached hydrogen (secondary N) is 1. The molecule has 1 aliphatic heterocycles.